The zero-order chi connectivity index (χ0) is 9.68. The molecule has 1 aromatic carbocycles. The van der Waals surface area contributed by atoms with Gasteiger partial charge < -0.3 is 0 Å². The molecule has 1 aliphatic carbocycles. The molecule has 0 spiro atoms. The van der Waals surface area contributed by atoms with E-state index >= 15 is 0 Å². The molecule has 0 unspecified atom stereocenters. The van der Waals surface area contributed by atoms with E-state index in [1.54, 1.807) is 11.1 Å². The molecule has 13 heavy (non-hydrogen) atoms. The quantitative estimate of drug-likeness (QED) is 0.635. The first-order chi connectivity index (χ1) is 6.42. The van der Waals surface area contributed by atoms with Crippen molar-refractivity contribution in [3.63, 3.8) is 0 Å². The standard InChI is InChI=1S/C11H14.C2H6/c1-2-9-5-3-4-6-11(9)10-7-8-10;1-2/h3-6,10H,2,7-8H2,1H3;1-2H3. The maximum Gasteiger partial charge on any atom is -0.0159 e. The fraction of sp³-hybridized carbons (Fsp3) is 0.538. The predicted molar refractivity (Wildman–Crippen MR) is 59.1 cm³/mol. The van der Waals surface area contributed by atoms with Gasteiger partial charge in [-0.1, -0.05) is 45.0 Å². The van der Waals surface area contributed by atoms with Crippen molar-refractivity contribution in [1.29, 1.82) is 0 Å². The van der Waals surface area contributed by atoms with Crippen molar-refractivity contribution in [2.75, 3.05) is 0 Å². The number of benzene rings is 1. The lowest BCUT2D eigenvalue weighted by Crippen LogP contribution is -1.88. The molecule has 1 aliphatic rings. The topological polar surface area (TPSA) is 0 Å². The molecule has 1 fully saturated rings. The van der Waals surface area contributed by atoms with E-state index in [9.17, 15) is 0 Å². The Morgan fingerprint density at radius 2 is 1.77 bits per heavy atom. The average molecular weight is 176 g/mol. The minimum Gasteiger partial charge on any atom is -0.0683 e. The lowest BCUT2D eigenvalue weighted by atomic mass is 10.0. The number of aryl methyl sites for hydroxylation is 1. The summed E-state index contributed by atoms with van der Waals surface area (Å²) in [6.45, 7) is 6.24. The Morgan fingerprint density at radius 3 is 2.31 bits per heavy atom. The summed E-state index contributed by atoms with van der Waals surface area (Å²) in [5.41, 5.74) is 3.16. The van der Waals surface area contributed by atoms with E-state index in [0.717, 1.165) is 5.92 Å². The van der Waals surface area contributed by atoms with E-state index in [4.69, 9.17) is 0 Å². The van der Waals surface area contributed by atoms with Gasteiger partial charge in [-0.15, -0.1) is 0 Å². The first-order valence-electron chi connectivity index (χ1n) is 5.49. The Hall–Kier alpha value is -0.780. The van der Waals surface area contributed by atoms with Gasteiger partial charge in [-0.2, -0.15) is 0 Å². The summed E-state index contributed by atoms with van der Waals surface area (Å²) in [7, 11) is 0. The van der Waals surface area contributed by atoms with Gasteiger partial charge in [0.05, 0.1) is 0 Å². The largest absolute Gasteiger partial charge is 0.0683 e. The highest BCUT2D eigenvalue weighted by Gasteiger charge is 2.24. The molecule has 0 nitrogen and oxygen atoms in total. The van der Waals surface area contributed by atoms with Crippen LogP contribution in [0.25, 0.3) is 0 Å². The normalized spacial score (nSPS) is 14.7. The van der Waals surface area contributed by atoms with Crippen molar-refractivity contribution in [3.05, 3.63) is 35.4 Å². The molecule has 0 amide bonds. The van der Waals surface area contributed by atoms with Gasteiger partial charge in [0.15, 0.2) is 0 Å². The fourth-order valence-electron chi connectivity index (χ4n) is 1.65. The van der Waals surface area contributed by atoms with Gasteiger partial charge in [-0.25, -0.2) is 0 Å². The molecule has 0 heteroatoms. The summed E-state index contributed by atoms with van der Waals surface area (Å²) < 4.78 is 0. The van der Waals surface area contributed by atoms with Crippen molar-refractivity contribution < 1.29 is 0 Å². The van der Waals surface area contributed by atoms with Crippen molar-refractivity contribution >= 4 is 0 Å². The van der Waals surface area contributed by atoms with Gasteiger partial charge in [0.2, 0.25) is 0 Å². The van der Waals surface area contributed by atoms with Gasteiger partial charge >= 0.3 is 0 Å². The van der Waals surface area contributed by atoms with Crippen LogP contribution in [0.15, 0.2) is 24.3 Å². The zero-order valence-electron chi connectivity index (χ0n) is 9.01. The summed E-state index contributed by atoms with van der Waals surface area (Å²) >= 11 is 0. The molecule has 0 N–H and O–H groups in total. The summed E-state index contributed by atoms with van der Waals surface area (Å²) in [4.78, 5) is 0. The molecule has 1 aromatic rings. The van der Waals surface area contributed by atoms with E-state index in [1.165, 1.54) is 19.3 Å². The fourth-order valence-corrected chi connectivity index (χ4v) is 1.65. The van der Waals surface area contributed by atoms with E-state index in [1.807, 2.05) is 13.8 Å². The van der Waals surface area contributed by atoms with Gasteiger partial charge in [0.25, 0.3) is 0 Å². The minimum atomic E-state index is 0.908. The maximum atomic E-state index is 2.29. The minimum absolute atomic E-state index is 0.908. The number of rotatable bonds is 2. The molecule has 0 aliphatic heterocycles. The van der Waals surface area contributed by atoms with Crippen LogP contribution in [-0.2, 0) is 6.42 Å². The SMILES string of the molecule is CC.CCc1ccccc1C1CC1. The molecular formula is C13H20. The summed E-state index contributed by atoms with van der Waals surface area (Å²) in [6, 6.07) is 8.85. The first kappa shape index (κ1) is 10.3. The Kier molecular flexibility index (Phi) is 4.01. The maximum absolute atomic E-state index is 2.29. The average Bonchev–Trinajstić information content (AvgIpc) is 3.04. The van der Waals surface area contributed by atoms with Crippen LogP contribution >= 0.6 is 0 Å². The third-order valence-corrected chi connectivity index (χ3v) is 2.45. The second-order valence-corrected chi connectivity index (χ2v) is 3.33. The van der Waals surface area contributed by atoms with Crippen molar-refractivity contribution in [2.24, 2.45) is 0 Å². The van der Waals surface area contributed by atoms with Crippen LogP contribution in [0.2, 0.25) is 0 Å². The Morgan fingerprint density at radius 1 is 1.15 bits per heavy atom. The van der Waals surface area contributed by atoms with Crippen LogP contribution in [0, 0.1) is 0 Å². The van der Waals surface area contributed by atoms with Gasteiger partial charge in [0.1, 0.15) is 0 Å². The van der Waals surface area contributed by atoms with Gasteiger partial charge in [0, 0.05) is 0 Å². The second-order valence-electron chi connectivity index (χ2n) is 3.33. The lowest BCUT2D eigenvalue weighted by molar-refractivity contribution is 1.03. The third kappa shape index (κ3) is 2.58. The summed E-state index contributed by atoms with van der Waals surface area (Å²) in [6.07, 6.45) is 4.01. The molecule has 0 bridgehead atoms. The predicted octanol–water partition coefficient (Wildman–Crippen LogP) is 4.15. The summed E-state index contributed by atoms with van der Waals surface area (Å²) in [5.74, 6) is 0.908. The van der Waals surface area contributed by atoms with Crippen molar-refractivity contribution in [2.45, 2.75) is 46.0 Å². The van der Waals surface area contributed by atoms with E-state index < -0.39 is 0 Å². The van der Waals surface area contributed by atoms with Crippen molar-refractivity contribution in [1.82, 2.24) is 0 Å². The van der Waals surface area contributed by atoms with Crippen molar-refractivity contribution in [3.8, 4) is 0 Å². The van der Waals surface area contributed by atoms with Gasteiger partial charge in [-0.05, 0) is 36.3 Å². The van der Waals surface area contributed by atoms with E-state index in [-0.39, 0.29) is 0 Å². The zero-order valence-corrected chi connectivity index (χ0v) is 9.01. The van der Waals surface area contributed by atoms with Crippen LogP contribution < -0.4 is 0 Å². The van der Waals surface area contributed by atoms with Crippen LogP contribution in [0.5, 0.6) is 0 Å². The third-order valence-electron chi connectivity index (χ3n) is 2.45. The summed E-state index contributed by atoms with van der Waals surface area (Å²) in [5, 5.41) is 0. The van der Waals surface area contributed by atoms with Crippen LogP contribution in [-0.4, -0.2) is 0 Å². The lowest BCUT2D eigenvalue weighted by Gasteiger charge is -2.04. The number of hydrogen-bond donors (Lipinski definition) is 0. The highest BCUT2D eigenvalue weighted by molar-refractivity contribution is 5.32. The Balaban J connectivity index is 0.000000396. The molecule has 0 saturated heterocycles. The van der Waals surface area contributed by atoms with E-state index in [2.05, 4.69) is 31.2 Å². The Bertz CT molecular complexity index is 246. The molecule has 2 rings (SSSR count). The number of hydrogen-bond acceptors (Lipinski definition) is 0. The molecule has 0 radical (unpaired) electrons. The van der Waals surface area contributed by atoms with Crippen LogP contribution in [0.3, 0.4) is 0 Å². The van der Waals surface area contributed by atoms with E-state index in [0.29, 0.717) is 0 Å². The van der Waals surface area contributed by atoms with Gasteiger partial charge in [-0.3, -0.25) is 0 Å². The highest BCUT2D eigenvalue weighted by Crippen LogP contribution is 2.41. The molecule has 0 aromatic heterocycles. The molecule has 72 valence electrons. The second kappa shape index (κ2) is 5.06. The monoisotopic (exact) mass is 176 g/mol. The molecule has 1 saturated carbocycles. The first-order valence-corrected chi connectivity index (χ1v) is 5.49. The van der Waals surface area contributed by atoms with Crippen LogP contribution in [0.1, 0.15) is 50.7 Å². The Labute approximate surface area is 82.0 Å². The van der Waals surface area contributed by atoms with Crippen LogP contribution in [0.4, 0.5) is 0 Å². The molecular weight excluding hydrogens is 156 g/mol. The molecule has 0 heterocycles. The smallest absolute Gasteiger partial charge is 0.0159 e. The molecule has 0 atom stereocenters. The highest BCUT2D eigenvalue weighted by atomic mass is 14.3.